The standard InChI is InChI=1S/C20H25N3O3/c1-14-5-4-10-23(13-14)20(24)15-8-9-21-19(11-15)22-16-6-7-17(25-2)18(12-16)26-3/h6-9,11-12,14H,4-5,10,13H2,1-3H3,(H,21,22). The number of pyridine rings is 1. The Bertz CT molecular complexity index is 779. The number of likely N-dealkylation sites (tertiary alicyclic amines) is 1. The maximum Gasteiger partial charge on any atom is 0.254 e. The predicted octanol–water partition coefficient (Wildman–Crippen LogP) is 3.71. The number of methoxy groups -OCH3 is 2. The fraction of sp³-hybridized carbons (Fsp3) is 0.400. The van der Waals surface area contributed by atoms with Gasteiger partial charge in [-0.3, -0.25) is 4.79 Å². The van der Waals surface area contributed by atoms with Gasteiger partial charge in [0.15, 0.2) is 11.5 Å². The van der Waals surface area contributed by atoms with Crippen molar-refractivity contribution in [1.29, 1.82) is 0 Å². The molecule has 2 heterocycles. The zero-order valence-corrected chi connectivity index (χ0v) is 15.5. The second kappa shape index (κ2) is 8.08. The Kier molecular flexibility index (Phi) is 5.61. The Morgan fingerprint density at radius 3 is 2.73 bits per heavy atom. The molecule has 6 heteroatoms. The second-order valence-corrected chi connectivity index (χ2v) is 6.62. The molecule has 1 N–H and O–H groups in total. The van der Waals surface area contributed by atoms with Gasteiger partial charge in [-0.15, -0.1) is 0 Å². The van der Waals surface area contributed by atoms with Gasteiger partial charge in [-0.05, 0) is 43.0 Å². The van der Waals surface area contributed by atoms with Crippen molar-refractivity contribution in [3.63, 3.8) is 0 Å². The van der Waals surface area contributed by atoms with E-state index in [1.807, 2.05) is 23.1 Å². The number of hydrogen-bond donors (Lipinski definition) is 1. The minimum atomic E-state index is 0.0642. The molecule has 2 aromatic rings. The quantitative estimate of drug-likeness (QED) is 0.886. The Morgan fingerprint density at radius 1 is 1.19 bits per heavy atom. The van der Waals surface area contributed by atoms with Crippen molar-refractivity contribution in [3.8, 4) is 11.5 Å². The molecular formula is C20H25N3O3. The largest absolute Gasteiger partial charge is 0.493 e. The van der Waals surface area contributed by atoms with Gasteiger partial charge in [-0.2, -0.15) is 0 Å². The van der Waals surface area contributed by atoms with Crippen LogP contribution < -0.4 is 14.8 Å². The maximum atomic E-state index is 12.8. The van der Waals surface area contributed by atoms with Crippen LogP contribution in [0, 0.1) is 5.92 Å². The molecule has 1 fully saturated rings. The third-order valence-corrected chi connectivity index (χ3v) is 4.61. The van der Waals surface area contributed by atoms with E-state index in [2.05, 4.69) is 17.2 Å². The summed E-state index contributed by atoms with van der Waals surface area (Å²) in [7, 11) is 3.20. The highest BCUT2D eigenvalue weighted by Gasteiger charge is 2.22. The van der Waals surface area contributed by atoms with E-state index in [0.29, 0.717) is 28.8 Å². The molecule has 138 valence electrons. The average Bonchev–Trinajstić information content (AvgIpc) is 2.67. The van der Waals surface area contributed by atoms with Crippen LogP contribution >= 0.6 is 0 Å². The van der Waals surface area contributed by atoms with Gasteiger partial charge in [0.2, 0.25) is 0 Å². The molecule has 6 nitrogen and oxygen atoms in total. The van der Waals surface area contributed by atoms with Crippen LogP contribution in [0.25, 0.3) is 0 Å². The number of nitrogens with one attached hydrogen (secondary N) is 1. The highest BCUT2D eigenvalue weighted by Crippen LogP contribution is 2.31. The van der Waals surface area contributed by atoms with Crippen LogP contribution in [-0.4, -0.2) is 43.1 Å². The summed E-state index contributed by atoms with van der Waals surface area (Å²) in [5.74, 6) is 2.53. The van der Waals surface area contributed by atoms with E-state index in [-0.39, 0.29) is 5.91 Å². The van der Waals surface area contributed by atoms with Gasteiger partial charge in [0.1, 0.15) is 5.82 Å². The molecular weight excluding hydrogens is 330 g/mol. The molecule has 3 rings (SSSR count). The van der Waals surface area contributed by atoms with Gasteiger partial charge < -0.3 is 19.7 Å². The number of carbonyl (C=O) groups excluding carboxylic acids is 1. The zero-order chi connectivity index (χ0) is 18.5. The first-order chi connectivity index (χ1) is 12.6. The third-order valence-electron chi connectivity index (χ3n) is 4.61. The zero-order valence-electron chi connectivity index (χ0n) is 15.5. The fourth-order valence-electron chi connectivity index (χ4n) is 3.25. The van der Waals surface area contributed by atoms with Gasteiger partial charge in [0.05, 0.1) is 14.2 Å². The molecule has 0 radical (unpaired) electrons. The summed E-state index contributed by atoms with van der Waals surface area (Å²) in [6, 6.07) is 9.09. The first-order valence-corrected chi connectivity index (χ1v) is 8.85. The van der Waals surface area contributed by atoms with Crippen molar-refractivity contribution in [2.45, 2.75) is 19.8 Å². The van der Waals surface area contributed by atoms with E-state index >= 15 is 0 Å². The number of hydrogen-bond acceptors (Lipinski definition) is 5. The Morgan fingerprint density at radius 2 is 2.00 bits per heavy atom. The molecule has 1 amide bonds. The van der Waals surface area contributed by atoms with Crippen molar-refractivity contribution in [2.75, 3.05) is 32.6 Å². The number of rotatable bonds is 5. The van der Waals surface area contributed by atoms with Gasteiger partial charge >= 0.3 is 0 Å². The van der Waals surface area contributed by atoms with Gasteiger partial charge in [-0.1, -0.05) is 6.92 Å². The molecule has 1 unspecified atom stereocenters. The van der Waals surface area contributed by atoms with Crippen LogP contribution in [0.15, 0.2) is 36.5 Å². The molecule has 0 spiro atoms. The van der Waals surface area contributed by atoms with Crippen LogP contribution in [0.4, 0.5) is 11.5 Å². The highest BCUT2D eigenvalue weighted by atomic mass is 16.5. The lowest BCUT2D eigenvalue weighted by atomic mass is 9.99. The third kappa shape index (κ3) is 4.07. The van der Waals surface area contributed by atoms with E-state index in [4.69, 9.17) is 9.47 Å². The Hall–Kier alpha value is -2.76. The normalized spacial score (nSPS) is 16.9. The summed E-state index contributed by atoms with van der Waals surface area (Å²) in [5, 5.41) is 3.22. The number of anilines is 2. The molecule has 1 saturated heterocycles. The van der Waals surface area contributed by atoms with Gasteiger partial charge in [0, 0.05) is 36.6 Å². The lowest BCUT2D eigenvalue weighted by Crippen LogP contribution is -2.39. The summed E-state index contributed by atoms with van der Waals surface area (Å²) in [6.07, 6.45) is 3.91. The summed E-state index contributed by atoms with van der Waals surface area (Å²) < 4.78 is 10.6. The van der Waals surface area contributed by atoms with E-state index in [9.17, 15) is 4.79 Å². The first-order valence-electron chi connectivity index (χ1n) is 8.85. The van der Waals surface area contributed by atoms with E-state index in [1.165, 1.54) is 6.42 Å². The summed E-state index contributed by atoms with van der Waals surface area (Å²) in [5.41, 5.74) is 1.46. The summed E-state index contributed by atoms with van der Waals surface area (Å²) in [6.45, 7) is 3.83. The highest BCUT2D eigenvalue weighted by molar-refractivity contribution is 5.95. The molecule has 1 aromatic heterocycles. The van der Waals surface area contributed by atoms with E-state index < -0.39 is 0 Å². The molecule has 0 bridgehead atoms. The van der Waals surface area contributed by atoms with Crippen molar-refractivity contribution in [3.05, 3.63) is 42.1 Å². The van der Waals surface area contributed by atoms with Crippen LogP contribution in [0.2, 0.25) is 0 Å². The van der Waals surface area contributed by atoms with Crippen LogP contribution in [0.5, 0.6) is 11.5 Å². The molecule has 1 aromatic carbocycles. The smallest absolute Gasteiger partial charge is 0.254 e. The number of nitrogens with zero attached hydrogens (tertiary/aromatic N) is 2. The lowest BCUT2D eigenvalue weighted by molar-refractivity contribution is 0.0683. The summed E-state index contributed by atoms with van der Waals surface area (Å²) >= 11 is 0. The number of carbonyl (C=O) groups is 1. The SMILES string of the molecule is COc1ccc(Nc2cc(C(=O)N3CCCC(C)C3)ccn2)cc1OC. The average molecular weight is 355 g/mol. The monoisotopic (exact) mass is 355 g/mol. The van der Waals surface area contributed by atoms with E-state index in [1.54, 1.807) is 32.5 Å². The van der Waals surface area contributed by atoms with Gasteiger partial charge in [-0.25, -0.2) is 4.98 Å². The molecule has 0 saturated carbocycles. The minimum absolute atomic E-state index is 0.0642. The number of aromatic nitrogens is 1. The number of amides is 1. The van der Waals surface area contributed by atoms with Crippen molar-refractivity contribution < 1.29 is 14.3 Å². The van der Waals surface area contributed by atoms with Crippen LogP contribution in [0.1, 0.15) is 30.1 Å². The maximum absolute atomic E-state index is 12.8. The number of benzene rings is 1. The van der Waals surface area contributed by atoms with Crippen molar-refractivity contribution >= 4 is 17.4 Å². The minimum Gasteiger partial charge on any atom is -0.493 e. The Balaban J connectivity index is 1.76. The lowest BCUT2D eigenvalue weighted by Gasteiger charge is -2.31. The molecule has 26 heavy (non-hydrogen) atoms. The predicted molar refractivity (Wildman–Crippen MR) is 101 cm³/mol. The Labute approximate surface area is 154 Å². The van der Waals surface area contributed by atoms with E-state index in [0.717, 1.165) is 25.2 Å². The second-order valence-electron chi connectivity index (χ2n) is 6.62. The van der Waals surface area contributed by atoms with Crippen molar-refractivity contribution in [1.82, 2.24) is 9.88 Å². The fourth-order valence-corrected chi connectivity index (χ4v) is 3.25. The molecule has 1 aliphatic heterocycles. The first kappa shape index (κ1) is 18.0. The topological polar surface area (TPSA) is 63.7 Å². The number of ether oxygens (including phenoxy) is 2. The van der Waals surface area contributed by atoms with Crippen LogP contribution in [0.3, 0.4) is 0 Å². The van der Waals surface area contributed by atoms with Crippen molar-refractivity contribution in [2.24, 2.45) is 5.92 Å². The molecule has 1 aliphatic rings. The number of piperidine rings is 1. The summed E-state index contributed by atoms with van der Waals surface area (Å²) in [4.78, 5) is 19.0. The van der Waals surface area contributed by atoms with Gasteiger partial charge in [0.25, 0.3) is 5.91 Å². The van der Waals surface area contributed by atoms with Crippen LogP contribution in [-0.2, 0) is 0 Å². The molecule has 1 atom stereocenters. The molecule has 0 aliphatic carbocycles.